The van der Waals surface area contributed by atoms with Crippen LogP contribution in [0.4, 0.5) is 5.95 Å². The summed E-state index contributed by atoms with van der Waals surface area (Å²) in [6, 6.07) is 16.0. The summed E-state index contributed by atoms with van der Waals surface area (Å²) >= 11 is 0. The number of sulfonamides is 1. The predicted molar refractivity (Wildman–Crippen MR) is 185 cm³/mol. The summed E-state index contributed by atoms with van der Waals surface area (Å²) in [4.78, 5) is 12.0. The van der Waals surface area contributed by atoms with Crippen LogP contribution >= 0.6 is 0 Å². The van der Waals surface area contributed by atoms with E-state index in [-0.39, 0.29) is 22.7 Å². The van der Waals surface area contributed by atoms with Crippen molar-refractivity contribution >= 4 is 16.0 Å². The molecule has 0 radical (unpaired) electrons. The number of nitrogens with zero attached hydrogens (tertiary/aromatic N) is 3. The molecule has 1 fully saturated rings. The molecule has 1 saturated carbocycles. The van der Waals surface area contributed by atoms with Crippen LogP contribution in [0, 0.1) is 31.6 Å². The van der Waals surface area contributed by atoms with Gasteiger partial charge in [0.05, 0.1) is 23.8 Å². The molecule has 3 aromatic rings. The number of benzene rings is 2. The first-order valence-electron chi connectivity index (χ1n) is 17.0. The van der Waals surface area contributed by atoms with Gasteiger partial charge in [0.1, 0.15) is 0 Å². The molecule has 2 heterocycles. The molecule has 0 amide bonds. The second kappa shape index (κ2) is 15.3. The lowest BCUT2D eigenvalue weighted by molar-refractivity contribution is 0.112. The van der Waals surface area contributed by atoms with E-state index in [1.54, 1.807) is 13.2 Å². The van der Waals surface area contributed by atoms with Crippen LogP contribution in [0.5, 0.6) is 5.88 Å². The minimum atomic E-state index is -3.95. The Morgan fingerprint density at radius 3 is 2.48 bits per heavy atom. The number of ether oxygens (including phenoxy) is 2. The van der Waals surface area contributed by atoms with E-state index in [9.17, 15) is 8.42 Å². The third kappa shape index (κ3) is 8.28. The maximum Gasteiger partial charge on any atom is 0.264 e. The molecule has 0 saturated heterocycles. The van der Waals surface area contributed by atoms with Crippen LogP contribution in [-0.4, -0.2) is 63.2 Å². The minimum absolute atomic E-state index is 0.0155. The zero-order valence-corrected chi connectivity index (χ0v) is 29.3. The monoisotopic (exact) mass is 648 g/mol. The molecule has 1 unspecified atom stereocenters. The number of rotatable bonds is 8. The summed E-state index contributed by atoms with van der Waals surface area (Å²) in [5, 5.41) is 0. The van der Waals surface area contributed by atoms with Gasteiger partial charge < -0.3 is 14.4 Å². The molecule has 2 aromatic carbocycles. The zero-order chi connectivity index (χ0) is 32.8. The lowest BCUT2D eigenvalue weighted by Gasteiger charge is -2.38. The third-order valence-electron chi connectivity index (χ3n) is 9.96. The molecule has 0 spiro atoms. The highest BCUT2D eigenvalue weighted by Gasteiger charge is 2.35. The molecule has 1 aliphatic carbocycles. The van der Waals surface area contributed by atoms with Gasteiger partial charge in [-0.05, 0) is 99.6 Å². The molecule has 5 rings (SSSR count). The number of fused-ring (bicyclic) bond motifs is 4. The Bertz CT molecular complexity index is 1560. The Balaban J connectivity index is 1.57. The summed E-state index contributed by atoms with van der Waals surface area (Å²) < 4.78 is 42.4. The second-order valence-electron chi connectivity index (χ2n) is 13.8. The van der Waals surface area contributed by atoms with Crippen LogP contribution in [-0.2, 0) is 14.8 Å². The van der Waals surface area contributed by atoms with Gasteiger partial charge in [-0.1, -0.05) is 57.0 Å². The number of hydrogen-bond donors (Lipinski definition) is 1. The summed E-state index contributed by atoms with van der Waals surface area (Å²) in [7, 11) is 0.0294. The van der Waals surface area contributed by atoms with E-state index >= 15 is 0 Å². The van der Waals surface area contributed by atoms with Crippen molar-refractivity contribution in [3.8, 4) is 17.1 Å². The number of hydrogen-bond acceptors (Lipinski definition) is 7. The summed E-state index contributed by atoms with van der Waals surface area (Å²) in [6.45, 7) is 10.8. The van der Waals surface area contributed by atoms with Crippen molar-refractivity contribution in [1.29, 1.82) is 0 Å². The number of aryl methyl sites for hydroxylation is 2. The zero-order valence-electron chi connectivity index (χ0n) is 28.5. The van der Waals surface area contributed by atoms with Crippen LogP contribution in [0.15, 0.2) is 53.4 Å². The first-order valence-corrected chi connectivity index (χ1v) is 18.4. The van der Waals surface area contributed by atoms with Crippen LogP contribution < -0.4 is 9.46 Å². The molecule has 1 N–H and O–H groups in total. The van der Waals surface area contributed by atoms with Crippen molar-refractivity contribution in [3.05, 3.63) is 65.2 Å². The normalized spacial score (nSPS) is 23.4. The molecular weight excluding hydrogens is 596 g/mol. The van der Waals surface area contributed by atoms with Crippen molar-refractivity contribution in [2.45, 2.75) is 89.5 Å². The number of methoxy groups -OCH3 is 1. The van der Waals surface area contributed by atoms with Crippen molar-refractivity contribution < 1.29 is 17.9 Å². The average Bonchev–Trinajstić information content (AvgIpc) is 2.99. The largest absolute Gasteiger partial charge is 0.477 e. The summed E-state index contributed by atoms with van der Waals surface area (Å²) in [6.07, 6.45) is 7.86. The van der Waals surface area contributed by atoms with Gasteiger partial charge in [-0.15, -0.1) is 0 Å². The van der Waals surface area contributed by atoms with E-state index in [1.165, 1.54) is 19.3 Å². The smallest absolute Gasteiger partial charge is 0.264 e. The molecular formula is C37H52N4O4S. The highest BCUT2D eigenvalue weighted by molar-refractivity contribution is 7.92. The number of aromatic nitrogens is 2. The fourth-order valence-electron chi connectivity index (χ4n) is 7.70. The predicted octanol–water partition coefficient (Wildman–Crippen LogP) is 7.62. The first-order chi connectivity index (χ1) is 22.1. The SMILES string of the molecule is COCCN(C)[C@H]1CCCC[C@H](C2c3cccc(c3)S(=O)(=O)Nc3nc(cc(-c4c(C)cccc4C)n3)OC[C@H]2CC(C)C)CC1. The van der Waals surface area contributed by atoms with E-state index in [0.717, 1.165) is 61.1 Å². The molecule has 4 bridgehead atoms. The van der Waals surface area contributed by atoms with Gasteiger partial charge in [-0.3, -0.25) is 0 Å². The Morgan fingerprint density at radius 2 is 1.74 bits per heavy atom. The Morgan fingerprint density at radius 1 is 1.00 bits per heavy atom. The first kappa shape index (κ1) is 34.3. The maximum atomic E-state index is 13.9. The highest BCUT2D eigenvalue weighted by atomic mass is 32.2. The molecule has 4 atom stereocenters. The topological polar surface area (TPSA) is 93.7 Å². The van der Waals surface area contributed by atoms with Gasteiger partial charge in [-0.25, -0.2) is 18.1 Å². The Kier molecular flexibility index (Phi) is 11.4. The third-order valence-corrected chi connectivity index (χ3v) is 11.3. The van der Waals surface area contributed by atoms with E-state index in [4.69, 9.17) is 9.47 Å². The highest BCUT2D eigenvalue weighted by Crippen LogP contribution is 2.43. The lowest BCUT2D eigenvalue weighted by atomic mass is 9.70. The molecule has 8 nitrogen and oxygen atoms in total. The van der Waals surface area contributed by atoms with Gasteiger partial charge in [-0.2, -0.15) is 4.98 Å². The molecule has 1 aliphatic heterocycles. The fourth-order valence-corrected chi connectivity index (χ4v) is 8.70. The van der Waals surface area contributed by atoms with E-state index in [0.29, 0.717) is 36.1 Å². The number of nitrogens with one attached hydrogen (secondary N) is 1. The standard InChI is InChI=1S/C37H52N4O4S/c1-25(2)21-30-24-45-34-23-33(35-26(3)11-9-12-27(35)4)38-37(39-34)40-46(42,43)32-16-10-14-29(22-32)36(30)28-13-7-8-15-31(18-17-28)41(5)19-20-44-6/h9-12,14,16,22-23,25,28,30-31,36H,7-8,13,15,17-21,24H2,1-6H3,(H,38,39,40)/t28-,30+,31-,36?/m0/s1. The molecule has 46 heavy (non-hydrogen) atoms. The van der Waals surface area contributed by atoms with Crippen LogP contribution in [0.25, 0.3) is 11.3 Å². The minimum Gasteiger partial charge on any atom is -0.477 e. The maximum absolute atomic E-state index is 13.9. The van der Waals surface area contributed by atoms with E-state index < -0.39 is 10.0 Å². The van der Waals surface area contributed by atoms with Gasteiger partial charge in [0, 0.05) is 37.2 Å². The van der Waals surface area contributed by atoms with Crippen molar-refractivity contribution in [3.63, 3.8) is 0 Å². The second-order valence-corrected chi connectivity index (χ2v) is 15.5. The Labute approximate surface area is 276 Å². The molecule has 1 aromatic heterocycles. The van der Waals surface area contributed by atoms with Crippen molar-refractivity contribution in [1.82, 2.24) is 14.9 Å². The van der Waals surface area contributed by atoms with E-state index in [2.05, 4.69) is 46.6 Å². The quantitative estimate of drug-likeness (QED) is 0.269. The van der Waals surface area contributed by atoms with Gasteiger partial charge >= 0.3 is 0 Å². The molecule has 9 heteroatoms. The Hall–Kier alpha value is -3.01. The van der Waals surface area contributed by atoms with Crippen LogP contribution in [0.3, 0.4) is 0 Å². The summed E-state index contributed by atoms with van der Waals surface area (Å²) in [5.74, 6) is 1.60. The average molecular weight is 649 g/mol. The lowest BCUT2D eigenvalue weighted by Crippen LogP contribution is -2.36. The van der Waals surface area contributed by atoms with E-state index in [1.807, 2.05) is 50.2 Å². The van der Waals surface area contributed by atoms with Crippen molar-refractivity contribution in [2.75, 3.05) is 38.6 Å². The van der Waals surface area contributed by atoms with Gasteiger partial charge in [0.15, 0.2) is 0 Å². The molecule has 250 valence electrons. The van der Waals surface area contributed by atoms with Gasteiger partial charge in [0.25, 0.3) is 10.0 Å². The number of anilines is 1. The fraction of sp³-hybridized carbons (Fsp3) is 0.568. The van der Waals surface area contributed by atoms with Crippen molar-refractivity contribution in [2.24, 2.45) is 17.8 Å². The van der Waals surface area contributed by atoms with Crippen LogP contribution in [0.2, 0.25) is 0 Å². The summed E-state index contributed by atoms with van der Waals surface area (Å²) in [5.41, 5.74) is 4.79. The van der Waals surface area contributed by atoms with Crippen LogP contribution in [0.1, 0.15) is 81.4 Å². The van der Waals surface area contributed by atoms with Gasteiger partial charge in [0.2, 0.25) is 11.8 Å². The number of likely N-dealkylation sites (N-methyl/N-ethyl adjacent to an activating group) is 1. The molecule has 2 aliphatic rings.